The van der Waals surface area contributed by atoms with Crippen LogP contribution in [0, 0.1) is 11.8 Å². The van der Waals surface area contributed by atoms with Crippen molar-refractivity contribution >= 4 is 28.5 Å². The van der Waals surface area contributed by atoms with Crippen molar-refractivity contribution in [2.45, 2.75) is 0 Å². The minimum absolute atomic E-state index is 0.0576. The average molecular weight is 368 g/mol. The first-order valence-electron chi connectivity index (χ1n) is 7.79. The van der Waals surface area contributed by atoms with Crippen LogP contribution in [0.2, 0.25) is 5.02 Å². The lowest BCUT2D eigenvalue weighted by Crippen LogP contribution is -2.28. The standard InChI is InChI=1S/C20H14ClNO4/c21-16-8-2-4-10-18(16)25-12-6-5-11-22-19(23)15-13-14-7-1-3-9-17(14)26-20(15)24/h1-4,7-10,13H,11-12H2,(H,22,23). The van der Waals surface area contributed by atoms with Crippen molar-refractivity contribution in [2.24, 2.45) is 0 Å². The summed E-state index contributed by atoms with van der Waals surface area (Å²) in [6, 6.07) is 15.6. The van der Waals surface area contributed by atoms with Gasteiger partial charge in [0.1, 0.15) is 23.5 Å². The topological polar surface area (TPSA) is 68.5 Å². The maximum Gasteiger partial charge on any atom is 0.349 e. The molecule has 130 valence electrons. The number of carbonyl (C=O) groups is 1. The molecule has 0 aliphatic heterocycles. The fourth-order valence-corrected chi connectivity index (χ4v) is 2.42. The van der Waals surface area contributed by atoms with E-state index in [2.05, 4.69) is 17.2 Å². The molecule has 3 rings (SSSR count). The van der Waals surface area contributed by atoms with Gasteiger partial charge in [0.25, 0.3) is 5.91 Å². The van der Waals surface area contributed by atoms with Crippen molar-refractivity contribution in [3.63, 3.8) is 0 Å². The van der Waals surface area contributed by atoms with Gasteiger partial charge in [0, 0.05) is 5.39 Å². The molecule has 0 radical (unpaired) electrons. The number of ether oxygens (including phenoxy) is 1. The number of halogens is 1. The first-order valence-corrected chi connectivity index (χ1v) is 8.17. The van der Waals surface area contributed by atoms with E-state index in [1.165, 1.54) is 6.07 Å². The zero-order chi connectivity index (χ0) is 18.4. The van der Waals surface area contributed by atoms with Crippen LogP contribution >= 0.6 is 11.6 Å². The number of nitrogens with one attached hydrogen (secondary N) is 1. The van der Waals surface area contributed by atoms with Gasteiger partial charge in [0.2, 0.25) is 0 Å². The highest BCUT2D eigenvalue weighted by atomic mass is 35.5. The number of rotatable bonds is 4. The molecule has 0 spiro atoms. The third kappa shape index (κ3) is 4.24. The maximum atomic E-state index is 12.1. The maximum absolute atomic E-state index is 12.1. The van der Waals surface area contributed by atoms with Crippen molar-refractivity contribution < 1.29 is 13.9 Å². The summed E-state index contributed by atoms with van der Waals surface area (Å²) in [5, 5.41) is 3.74. The summed E-state index contributed by atoms with van der Waals surface area (Å²) in [6.45, 7) is 0.217. The van der Waals surface area contributed by atoms with Crippen molar-refractivity contribution in [1.82, 2.24) is 5.32 Å². The third-order valence-corrected chi connectivity index (χ3v) is 3.80. The summed E-state index contributed by atoms with van der Waals surface area (Å²) in [6.07, 6.45) is 0. The van der Waals surface area contributed by atoms with Crippen molar-refractivity contribution in [1.29, 1.82) is 0 Å². The molecule has 2 aromatic carbocycles. The molecule has 0 atom stereocenters. The molecule has 5 nitrogen and oxygen atoms in total. The highest BCUT2D eigenvalue weighted by Gasteiger charge is 2.12. The molecule has 3 aromatic rings. The lowest BCUT2D eigenvalue weighted by molar-refractivity contribution is 0.0955. The van der Waals surface area contributed by atoms with Gasteiger partial charge < -0.3 is 14.5 Å². The number of para-hydroxylation sites is 2. The van der Waals surface area contributed by atoms with Crippen LogP contribution in [-0.2, 0) is 0 Å². The van der Waals surface area contributed by atoms with Crippen LogP contribution in [0.4, 0.5) is 0 Å². The van der Waals surface area contributed by atoms with E-state index in [0.29, 0.717) is 21.7 Å². The molecule has 0 fully saturated rings. The predicted molar refractivity (Wildman–Crippen MR) is 99.5 cm³/mol. The first-order chi connectivity index (χ1) is 12.6. The molecule has 1 amide bonds. The number of hydrogen-bond acceptors (Lipinski definition) is 4. The smallest absolute Gasteiger partial charge is 0.349 e. The summed E-state index contributed by atoms with van der Waals surface area (Å²) in [5.41, 5.74) is -0.306. The fraction of sp³-hybridized carbons (Fsp3) is 0.100. The molecular weight excluding hydrogens is 354 g/mol. The Balaban J connectivity index is 1.56. The van der Waals surface area contributed by atoms with Crippen molar-refractivity contribution in [2.75, 3.05) is 13.2 Å². The van der Waals surface area contributed by atoms with Crippen LogP contribution in [0.3, 0.4) is 0 Å². The predicted octanol–water partition coefficient (Wildman–Crippen LogP) is 3.26. The van der Waals surface area contributed by atoms with E-state index in [1.807, 2.05) is 6.07 Å². The minimum Gasteiger partial charge on any atom is -0.479 e. The summed E-state index contributed by atoms with van der Waals surface area (Å²) in [4.78, 5) is 24.0. The molecule has 0 bridgehead atoms. The summed E-state index contributed by atoms with van der Waals surface area (Å²) < 4.78 is 10.5. The number of hydrogen-bond donors (Lipinski definition) is 1. The van der Waals surface area contributed by atoms with Crippen LogP contribution in [-0.4, -0.2) is 19.1 Å². The molecule has 0 unspecified atom stereocenters. The minimum atomic E-state index is -0.684. The Hall–Kier alpha value is -3.23. The van der Waals surface area contributed by atoms with E-state index in [-0.39, 0.29) is 18.7 Å². The largest absolute Gasteiger partial charge is 0.479 e. The van der Waals surface area contributed by atoms with Gasteiger partial charge in [0.05, 0.1) is 11.6 Å². The molecule has 0 aliphatic rings. The summed E-state index contributed by atoms with van der Waals surface area (Å²) in [5.74, 6) is 5.52. The number of fused-ring (bicyclic) bond motifs is 1. The second-order valence-electron chi connectivity index (χ2n) is 5.24. The Morgan fingerprint density at radius 2 is 1.88 bits per heavy atom. The zero-order valence-electron chi connectivity index (χ0n) is 13.6. The van der Waals surface area contributed by atoms with Crippen molar-refractivity contribution in [3.8, 4) is 17.6 Å². The highest BCUT2D eigenvalue weighted by Crippen LogP contribution is 2.22. The molecule has 0 aliphatic carbocycles. The van der Waals surface area contributed by atoms with E-state index < -0.39 is 11.5 Å². The van der Waals surface area contributed by atoms with Crippen LogP contribution in [0.15, 0.2) is 63.8 Å². The Labute approximate surface area is 154 Å². The van der Waals surface area contributed by atoms with Gasteiger partial charge in [-0.05, 0) is 24.3 Å². The van der Waals surface area contributed by atoms with E-state index >= 15 is 0 Å². The lowest BCUT2D eigenvalue weighted by atomic mass is 10.2. The van der Waals surface area contributed by atoms with E-state index in [1.54, 1.807) is 42.5 Å². The van der Waals surface area contributed by atoms with Gasteiger partial charge in [0.15, 0.2) is 0 Å². The first kappa shape index (κ1) is 17.6. The van der Waals surface area contributed by atoms with Crippen LogP contribution < -0.4 is 15.7 Å². The monoisotopic (exact) mass is 367 g/mol. The lowest BCUT2D eigenvalue weighted by Gasteiger charge is -2.03. The molecule has 1 heterocycles. The van der Waals surface area contributed by atoms with Gasteiger partial charge in [-0.15, -0.1) is 0 Å². The molecule has 1 aromatic heterocycles. The quantitative estimate of drug-likeness (QED) is 0.567. The SMILES string of the molecule is O=C(NCC#CCOc1ccccc1Cl)c1cc2ccccc2oc1=O. The number of amides is 1. The summed E-state index contributed by atoms with van der Waals surface area (Å²) in [7, 11) is 0. The molecule has 0 saturated carbocycles. The molecule has 1 N–H and O–H groups in total. The fourth-order valence-electron chi connectivity index (χ4n) is 2.23. The number of benzene rings is 2. The average Bonchev–Trinajstić information content (AvgIpc) is 2.65. The van der Waals surface area contributed by atoms with Gasteiger partial charge in [-0.3, -0.25) is 4.79 Å². The Morgan fingerprint density at radius 3 is 2.73 bits per heavy atom. The van der Waals surface area contributed by atoms with E-state index in [9.17, 15) is 9.59 Å². The molecular formula is C20H14ClNO4. The Bertz CT molecular complexity index is 1060. The van der Waals surface area contributed by atoms with Crippen LogP contribution in [0.5, 0.6) is 5.75 Å². The third-order valence-electron chi connectivity index (χ3n) is 3.48. The Morgan fingerprint density at radius 1 is 1.12 bits per heavy atom. The van der Waals surface area contributed by atoms with Gasteiger partial charge in [-0.1, -0.05) is 53.8 Å². The van der Waals surface area contributed by atoms with Gasteiger partial charge in [-0.25, -0.2) is 4.79 Å². The molecule has 6 heteroatoms. The molecule has 0 saturated heterocycles. The normalized spacial score (nSPS) is 10.0. The van der Waals surface area contributed by atoms with Gasteiger partial charge >= 0.3 is 5.63 Å². The van der Waals surface area contributed by atoms with Crippen LogP contribution in [0.1, 0.15) is 10.4 Å². The second kappa shape index (κ2) is 8.24. The number of carbonyl (C=O) groups excluding carboxylic acids is 1. The van der Waals surface area contributed by atoms with Gasteiger partial charge in [-0.2, -0.15) is 0 Å². The Kier molecular flexibility index (Phi) is 5.57. The van der Waals surface area contributed by atoms with Crippen molar-refractivity contribution in [3.05, 3.63) is 75.6 Å². The van der Waals surface area contributed by atoms with Crippen LogP contribution in [0.25, 0.3) is 11.0 Å². The highest BCUT2D eigenvalue weighted by molar-refractivity contribution is 6.32. The van der Waals surface area contributed by atoms with E-state index in [4.69, 9.17) is 20.8 Å². The summed E-state index contributed by atoms with van der Waals surface area (Å²) >= 11 is 5.96. The van der Waals surface area contributed by atoms with E-state index in [0.717, 1.165) is 0 Å². The molecule has 26 heavy (non-hydrogen) atoms. The zero-order valence-corrected chi connectivity index (χ0v) is 14.4. The second-order valence-corrected chi connectivity index (χ2v) is 5.65.